The Morgan fingerprint density at radius 1 is 1.45 bits per heavy atom. The quantitative estimate of drug-likeness (QED) is 0.586. The van der Waals surface area contributed by atoms with Gasteiger partial charge in [0.15, 0.2) is 0 Å². The van der Waals surface area contributed by atoms with E-state index in [0.717, 1.165) is 0 Å². The van der Waals surface area contributed by atoms with E-state index in [1.54, 1.807) is 12.1 Å². The van der Waals surface area contributed by atoms with E-state index in [1.807, 2.05) is 0 Å². The maximum Gasteiger partial charge on any atom is 0.142 e. The van der Waals surface area contributed by atoms with E-state index in [2.05, 4.69) is 11.9 Å². The Morgan fingerprint density at radius 2 is 2.27 bits per heavy atom. The van der Waals surface area contributed by atoms with Gasteiger partial charge in [-0.25, -0.2) is 9.37 Å². The minimum absolute atomic E-state index is 0.213. The van der Waals surface area contributed by atoms with Crippen molar-refractivity contribution in [3.8, 4) is 0 Å². The molecule has 0 bridgehead atoms. The zero-order valence-electron chi connectivity index (χ0n) is 5.67. The molecule has 11 heavy (non-hydrogen) atoms. The van der Waals surface area contributed by atoms with Crippen LogP contribution in [0.15, 0.2) is 18.2 Å². The van der Waals surface area contributed by atoms with Crippen LogP contribution in [0.3, 0.4) is 0 Å². The lowest BCUT2D eigenvalue weighted by Crippen LogP contribution is -1.72. The summed E-state index contributed by atoms with van der Waals surface area (Å²) in [7, 11) is 0. The first kappa shape index (κ1) is 6.73. The number of rotatable bonds is 0. The second kappa shape index (κ2) is 2.27. The van der Waals surface area contributed by atoms with Crippen molar-refractivity contribution in [3.05, 3.63) is 35.9 Å². The van der Waals surface area contributed by atoms with Crippen LogP contribution in [0.4, 0.5) is 4.39 Å². The van der Waals surface area contributed by atoms with Crippen LogP contribution in [0.2, 0.25) is 0 Å². The van der Waals surface area contributed by atoms with E-state index in [4.69, 9.17) is 0 Å². The summed E-state index contributed by atoms with van der Waals surface area (Å²) in [6, 6.07) is 4.86. The van der Waals surface area contributed by atoms with Crippen molar-refractivity contribution in [1.29, 1.82) is 0 Å². The molecule has 0 N–H and O–H groups in total. The van der Waals surface area contributed by atoms with E-state index in [-0.39, 0.29) is 5.82 Å². The topological polar surface area (TPSA) is 12.9 Å². The Balaban J connectivity index is 2.90. The van der Waals surface area contributed by atoms with Crippen molar-refractivity contribution in [1.82, 2.24) is 4.98 Å². The zero-order valence-corrected chi connectivity index (χ0v) is 6.49. The SMILES string of the molecule is [CH2]c1nc2cccc(F)c2s1. The number of benzene rings is 1. The highest BCUT2D eigenvalue weighted by Gasteiger charge is 2.03. The van der Waals surface area contributed by atoms with E-state index in [1.165, 1.54) is 17.4 Å². The monoisotopic (exact) mass is 166 g/mol. The summed E-state index contributed by atoms with van der Waals surface area (Å²) in [4.78, 5) is 4.04. The number of hydrogen-bond donors (Lipinski definition) is 0. The van der Waals surface area contributed by atoms with E-state index in [0.29, 0.717) is 15.2 Å². The second-order valence-corrected chi connectivity index (χ2v) is 3.28. The van der Waals surface area contributed by atoms with Crippen LogP contribution in [-0.2, 0) is 0 Å². The standard InChI is InChI=1S/C8H5FNS/c1-5-10-7-4-2-3-6(9)8(7)11-5/h2-4H,1H2. The van der Waals surface area contributed by atoms with E-state index in [9.17, 15) is 4.39 Å². The first-order valence-electron chi connectivity index (χ1n) is 3.14. The average molecular weight is 166 g/mol. The Bertz CT molecular complexity index is 394. The summed E-state index contributed by atoms with van der Waals surface area (Å²) in [6.07, 6.45) is 0. The Morgan fingerprint density at radius 3 is 3.00 bits per heavy atom. The van der Waals surface area contributed by atoms with Crippen molar-refractivity contribution in [3.63, 3.8) is 0 Å². The minimum Gasteiger partial charge on any atom is -0.241 e. The summed E-state index contributed by atoms with van der Waals surface area (Å²) in [5, 5.41) is 0.658. The number of hydrogen-bond acceptors (Lipinski definition) is 2. The number of aromatic nitrogens is 1. The van der Waals surface area contributed by atoms with Crippen LogP contribution < -0.4 is 0 Å². The van der Waals surface area contributed by atoms with Crippen LogP contribution in [-0.4, -0.2) is 4.98 Å². The molecule has 1 aromatic carbocycles. The zero-order chi connectivity index (χ0) is 7.84. The van der Waals surface area contributed by atoms with Crippen LogP contribution in [0.1, 0.15) is 5.01 Å². The molecule has 2 aromatic rings. The lowest BCUT2D eigenvalue weighted by molar-refractivity contribution is 0.641. The molecule has 0 amide bonds. The summed E-state index contributed by atoms with van der Waals surface area (Å²) >= 11 is 1.28. The maximum atomic E-state index is 12.9. The Kier molecular flexibility index (Phi) is 1.39. The summed E-state index contributed by atoms with van der Waals surface area (Å²) in [5.41, 5.74) is 0.694. The summed E-state index contributed by atoms with van der Waals surface area (Å²) < 4.78 is 13.5. The smallest absolute Gasteiger partial charge is 0.142 e. The van der Waals surface area contributed by atoms with Gasteiger partial charge in [0.05, 0.1) is 15.2 Å². The lowest BCUT2D eigenvalue weighted by Gasteiger charge is -1.86. The number of nitrogens with zero attached hydrogens (tertiary/aromatic N) is 1. The highest BCUT2D eigenvalue weighted by Crippen LogP contribution is 2.23. The second-order valence-electron chi connectivity index (χ2n) is 2.20. The number of thiazole rings is 1. The first-order valence-corrected chi connectivity index (χ1v) is 3.96. The van der Waals surface area contributed by atoms with E-state index < -0.39 is 0 Å². The molecule has 55 valence electrons. The predicted octanol–water partition coefficient (Wildman–Crippen LogP) is 2.62. The van der Waals surface area contributed by atoms with Crippen LogP contribution in [0.25, 0.3) is 10.2 Å². The van der Waals surface area contributed by atoms with Crippen molar-refractivity contribution in [2.24, 2.45) is 0 Å². The Labute approximate surface area is 67.5 Å². The predicted molar refractivity (Wildman–Crippen MR) is 44.0 cm³/mol. The molecule has 0 saturated heterocycles. The molecule has 0 atom stereocenters. The number of halogens is 1. The largest absolute Gasteiger partial charge is 0.241 e. The first-order chi connectivity index (χ1) is 5.27. The maximum absolute atomic E-state index is 12.9. The highest BCUT2D eigenvalue weighted by atomic mass is 32.1. The molecular weight excluding hydrogens is 161 g/mol. The molecule has 1 radical (unpaired) electrons. The number of fused-ring (bicyclic) bond motifs is 1. The Hall–Kier alpha value is -0.960. The van der Waals surface area contributed by atoms with Gasteiger partial charge in [-0.15, -0.1) is 11.3 Å². The molecule has 0 fully saturated rings. The average Bonchev–Trinajstić information content (AvgIpc) is 2.31. The summed E-state index contributed by atoms with van der Waals surface area (Å²) in [5.74, 6) is -0.213. The van der Waals surface area contributed by atoms with Crippen molar-refractivity contribution in [2.45, 2.75) is 0 Å². The van der Waals surface area contributed by atoms with Gasteiger partial charge in [0.25, 0.3) is 0 Å². The van der Waals surface area contributed by atoms with Gasteiger partial charge in [0.2, 0.25) is 0 Å². The van der Waals surface area contributed by atoms with Crippen molar-refractivity contribution >= 4 is 21.6 Å². The van der Waals surface area contributed by atoms with Gasteiger partial charge in [-0.2, -0.15) is 0 Å². The van der Waals surface area contributed by atoms with Gasteiger partial charge in [-0.3, -0.25) is 0 Å². The lowest BCUT2D eigenvalue weighted by atomic mass is 10.3. The molecule has 0 aliphatic rings. The molecule has 0 saturated carbocycles. The van der Waals surface area contributed by atoms with Gasteiger partial charge in [0, 0.05) is 6.92 Å². The molecule has 0 aliphatic heterocycles. The molecule has 0 unspecified atom stereocenters. The normalized spacial score (nSPS) is 10.7. The highest BCUT2D eigenvalue weighted by molar-refractivity contribution is 7.18. The molecule has 2 rings (SSSR count). The van der Waals surface area contributed by atoms with Crippen molar-refractivity contribution in [2.75, 3.05) is 0 Å². The fourth-order valence-electron chi connectivity index (χ4n) is 0.962. The molecular formula is C8H5FNS. The van der Waals surface area contributed by atoms with Crippen LogP contribution >= 0.6 is 11.3 Å². The molecule has 1 heterocycles. The van der Waals surface area contributed by atoms with Gasteiger partial charge < -0.3 is 0 Å². The van der Waals surface area contributed by atoms with Crippen LogP contribution in [0.5, 0.6) is 0 Å². The van der Waals surface area contributed by atoms with Gasteiger partial charge >= 0.3 is 0 Å². The fraction of sp³-hybridized carbons (Fsp3) is 0. The van der Waals surface area contributed by atoms with Gasteiger partial charge in [0.1, 0.15) is 5.82 Å². The third-order valence-electron chi connectivity index (χ3n) is 1.41. The molecule has 3 heteroatoms. The minimum atomic E-state index is -0.213. The van der Waals surface area contributed by atoms with E-state index >= 15 is 0 Å². The third-order valence-corrected chi connectivity index (χ3v) is 2.35. The fourth-order valence-corrected chi connectivity index (χ4v) is 1.72. The molecule has 1 aromatic heterocycles. The van der Waals surface area contributed by atoms with Crippen molar-refractivity contribution < 1.29 is 4.39 Å². The summed E-state index contributed by atoms with van der Waals surface area (Å²) in [6.45, 7) is 3.64. The molecule has 1 nitrogen and oxygen atoms in total. The van der Waals surface area contributed by atoms with Gasteiger partial charge in [-0.1, -0.05) is 6.07 Å². The molecule has 0 aliphatic carbocycles. The molecule has 0 spiro atoms. The van der Waals surface area contributed by atoms with Crippen LogP contribution in [0, 0.1) is 12.7 Å². The van der Waals surface area contributed by atoms with Gasteiger partial charge in [-0.05, 0) is 12.1 Å². The third kappa shape index (κ3) is 1.01.